The molecule has 1 aromatic carbocycles. The highest BCUT2D eigenvalue weighted by atomic mass is 16.1. The number of carbonyl (C=O) groups is 1. The maximum absolute atomic E-state index is 12.4. The first kappa shape index (κ1) is 12.3. The van der Waals surface area contributed by atoms with E-state index in [1.807, 2.05) is 13.0 Å². The Kier molecular flexibility index (Phi) is 3.95. The molecule has 2 heteroatoms. The summed E-state index contributed by atoms with van der Waals surface area (Å²) in [7, 11) is 0. The number of rotatable bonds is 4. The molecule has 2 rings (SSSR count). The third kappa shape index (κ3) is 2.58. The molecular weight excluding hydrogens is 210 g/mol. The summed E-state index contributed by atoms with van der Waals surface area (Å²) in [4.78, 5) is 12.4. The highest BCUT2D eigenvalue weighted by Crippen LogP contribution is 2.26. The molecule has 0 saturated carbocycles. The Hall–Kier alpha value is -1.15. The Labute approximate surface area is 103 Å². The van der Waals surface area contributed by atoms with Crippen LogP contribution in [0.3, 0.4) is 0 Å². The van der Waals surface area contributed by atoms with Crippen molar-refractivity contribution < 1.29 is 4.79 Å². The summed E-state index contributed by atoms with van der Waals surface area (Å²) < 4.78 is 0. The second kappa shape index (κ2) is 5.46. The smallest absolute Gasteiger partial charge is 0.157 e. The molecule has 1 N–H and O–H groups in total. The van der Waals surface area contributed by atoms with Gasteiger partial charge in [0.05, 0.1) is 6.04 Å². The summed E-state index contributed by atoms with van der Waals surface area (Å²) in [6.07, 6.45) is 3.09. The van der Waals surface area contributed by atoms with Gasteiger partial charge in [-0.25, -0.2) is 0 Å². The number of nitrogens with one attached hydrogen (secondary N) is 1. The van der Waals surface area contributed by atoms with Gasteiger partial charge in [-0.05, 0) is 24.0 Å². The monoisotopic (exact) mass is 231 g/mol. The van der Waals surface area contributed by atoms with Crippen molar-refractivity contribution in [1.29, 1.82) is 0 Å². The molecule has 1 aliphatic heterocycles. The van der Waals surface area contributed by atoms with Crippen molar-refractivity contribution in [2.24, 2.45) is 5.92 Å². The van der Waals surface area contributed by atoms with Gasteiger partial charge in [0.15, 0.2) is 5.78 Å². The van der Waals surface area contributed by atoms with Crippen LogP contribution in [0.1, 0.15) is 43.9 Å². The van der Waals surface area contributed by atoms with E-state index in [1.165, 1.54) is 11.1 Å². The summed E-state index contributed by atoms with van der Waals surface area (Å²) in [6, 6.07) is 8.23. The maximum Gasteiger partial charge on any atom is 0.157 e. The van der Waals surface area contributed by atoms with Crippen LogP contribution in [-0.2, 0) is 11.2 Å². The van der Waals surface area contributed by atoms with Gasteiger partial charge in [0.2, 0.25) is 0 Å². The number of fused-ring (bicyclic) bond motifs is 1. The van der Waals surface area contributed by atoms with Crippen molar-refractivity contribution in [3.05, 3.63) is 35.4 Å². The molecule has 1 aromatic rings. The molecule has 1 heterocycles. The van der Waals surface area contributed by atoms with Crippen LogP contribution < -0.4 is 5.32 Å². The average molecular weight is 231 g/mol. The number of Topliss-reactive ketones (excluding diaryl/α,β-unsaturated/α-hetero) is 1. The van der Waals surface area contributed by atoms with Crippen LogP contribution in [0.5, 0.6) is 0 Å². The molecule has 0 saturated heterocycles. The molecule has 2 nitrogen and oxygen atoms in total. The Morgan fingerprint density at radius 2 is 2.24 bits per heavy atom. The molecule has 92 valence electrons. The third-order valence-corrected chi connectivity index (χ3v) is 3.60. The van der Waals surface area contributed by atoms with Gasteiger partial charge in [0, 0.05) is 12.5 Å². The third-order valence-electron chi connectivity index (χ3n) is 3.60. The fourth-order valence-electron chi connectivity index (χ4n) is 2.62. The van der Waals surface area contributed by atoms with Crippen molar-refractivity contribution >= 4 is 5.78 Å². The van der Waals surface area contributed by atoms with Crippen LogP contribution in [0.2, 0.25) is 0 Å². The molecular formula is C15H21NO. The van der Waals surface area contributed by atoms with Crippen molar-refractivity contribution in [2.75, 3.05) is 6.54 Å². The lowest BCUT2D eigenvalue weighted by atomic mass is 9.86. The summed E-state index contributed by atoms with van der Waals surface area (Å²) in [6.45, 7) is 5.09. The Balaban J connectivity index is 2.20. The molecule has 1 aliphatic rings. The van der Waals surface area contributed by atoms with Gasteiger partial charge in [-0.2, -0.15) is 0 Å². The minimum atomic E-state index is -0.0819. The van der Waals surface area contributed by atoms with Crippen LogP contribution in [-0.4, -0.2) is 12.3 Å². The van der Waals surface area contributed by atoms with E-state index >= 15 is 0 Å². The lowest BCUT2D eigenvalue weighted by molar-refractivity contribution is -0.125. The highest BCUT2D eigenvalue weighted by molar-refractivity contribution is 5.87. The summed E-state index contributed by atoms with van der Waals surface area (Å²) in [5.41, 5.74) is 2.51. The van der Waals surface area contributed by atoms with Crippen LogP contribution in [0.4, 0.5) is 0 Å². The van der Waals surface area contributed by atoms with Gasteiger partial charge >= 0.3 is 0 Å². The second-order valence-corrected chi connectivity index (χ2v) is 4.93. The van der Waals surface area contributed by atoms with Crippen LogP contribution in [0.15, 0.2) is 24.3 Å². The molecule has 0 aliphatic carbocycles. The fraction of sp³-hybridized carbons (Fsp3) is 0.533. The number of benzene rings is 1. The predicted octanol–water partition coefficient (Wildman–Crippen LogP) is 2.88. The van der Waals surface area contributed by atoms with Crippen LogP contribution in [0, 0.1) is 5.92 Å². The maximum atomic E-state index is 12.4. The minimum Gasteiger partial charge on any atom is -0.303 e. The molecule has 0 fully saturated rings. The Bertz CT molecular complexity index is 400. The van der Waals surface area contributed by atoms with Crippen LogP contribution >= 0.6 is 0 Å². The van der Waals surface area contributed by atoms with E-state index in [2.05, 4.69) is 30.4 Å². The highest BCUT2D eigenvalue weighted by Gasteiger charge is 2.28. The van der Waals surface area contributed by atoms with Crippen LogP contribution in [0.25, 0.3) is 0 Å². The minimum absolute atomic E-state index is 0.0819. The van der Waals surface area contributed by atoms with E-state index in [9.17, 15) is 4.79 Å². The van der Waals surface area contributed by atoms with Crippen molar-refractivity contribution in [1.82, 2.24) is 5.32 Å². The van der Waals surface area contributed by atoms with E-state index in [4.69, 9.17) is 0 Å². The number of hydrogen-bond donors (Lipinski definition) is 1. The predicted molar refractivity (Wildman–Crippen MR) is 70.0 cm³/mol. The Morgan fingerprint density at radius 1 is 1.47 bits per heavy atom. The molecule has 2 unspecified atom stereocenters. The standard InChI is InChI=1S/C15H21NO/c1-3-6-11(2)15(17)14-13-8-5-4-7-12(13)9-10-16-14/h4-5,7-8,11,14,16H,3,6,9-10H2,1-2H3. The largest absolute Gasteiger partial charge is 0.303 e. The SMILES string of the molecule is CCCC(C)C(=O)C1NCCc2ccccc21. The molecule has 0 amide bonds. The topological polar surface area (TPSA) is 29.1 Å². The number of hydrogen-bond acceptors (Lipinski definition) is 2. The first-order valence-electron chi connectivity index (χ1n) is 6.59. The Morgan fingerprint density at radius 3 is 3.00 bits per heavy atom. The zero-order valence-corrected chi connectivity index (χ0v) is 10.7. The van der Waals surface area contributed by atoms with Crippen molar-refractivity contribution in [3.63, 3.8) is 0 Å². The first-order chi connectivity index (χ1) is 8.24. The van der Waals surface area contributed by atoms with Gasteiger partial charge in [0.25, 0.3) is 0 Å². The van der Waals surface area contributed by atoms with Gasteiger partial charge in [-0.1, -0.05) is 44.5 Å². The van der Waals surface area contributed by atoms with E-state index in [0.29, 0.717) is 5.78 Å². The van der Waals surface area contributed by atoms with E-state index in [0.717, 1.165) is 25.8 Å². The second-order valence-electron chi connectivity index (χ2n) is 4.93. The van der Waals surface area contributed by atoms with E-state index < -0.39 is 0 Å². The molecule has 2 atom stereocenters. The van der Waals surface area contributed by atoms with Gasteiger partial charge in [-0.15, -0.1) is 0 Å². The number of ketones is 1. The van der Waals surface area contributed by atoms with Crippen molar-refractivity contribution in [2.45, 2.75) is 39.2 Å². The molecule has 0 radical (unpaired) electrons. The zero-order chi connectivity index (χ0) is 12.3. The molecule has 0 bridgehead atoms. The quantitative estimate of drug-likeness (QED) is 0.863. The lowest BCUT2D eigenvalue weighted by Crippen LogP contribution is -2.37. The van der Waals surface area contributed by atoms with Gasteiger partial charge in [-0.3, -0.25) is 4.79 Å². The average Bonchev–Trinajstić information content (AvgIpc) is 2.37. The van der Waals surface area contributed by atoms with Gasteiger partial charge < -0.3 is 5.32 Å². The number of carbonyl (C=O) groups excluding carboxylic acids is 1. The lowest BCUT2D eigenvalue weighted by Gasteiger charge is -2.27. The summed E-state index contributed by atoms with van der Waals surface area (Å²) >= 11 is 0. The zero-order valence-electron chi connectivity index (χ0n) is 10.7. The van der Waals surface area contributed by atoms with E-state index in [1.54, 1.807) is 0 Å². The fourth-order valence-corrected chi connectivity index (χ4v) is 2.62. The molecule has 0 spiro atoms. The summed E-state index contributed by atoms with van der Waals surface area (Å²) in [5.74, 6) is 0.502. The molecule has 0 aromatic heterocycles. The van der Waals surface area contributed by atoms with Crippen molar-refractivity contribution in [3.8, 4) is 0 Å². The molecule has 17 heavy (non-hydrogen) atoms. The summed E-state index contributed by atoms with van der Waals surface area (Å²) in [5, 5.41) is 3.36. The normalized spacial score (nSPS) is 20.7. The van der Waals surface area contributed by atoms with Gasteiger partial charge in [0.1, 0.15) is 0 Å². The van der Waals surface area contributed by atoms with E-state index in [-0.39, 0.29) is 12.0 Å². The first-order valence-corrected chi connectivity index (χ1v) is 6.59.